The summed E-state index contributed by atoms with van der Waals surface area (Å²) in [6.45, 7) is 3.80. The Bertz CT molecular complexity index is 333. The monoisotopic (exact) mass is 234 g/mol. The lowest BCUT2D eigenvalue weighted by Crippen LogP contribution is -2.26. The lowest BCUT2D eigenvalue weighted by atomic mass is 10.1. The maximum Gasteiger partial charge on any atom is 0.251 e. The van der Waals surface area contributed by atoms with Crippen LogP contribution >= 0.6 is 0 Å². The molecular formula is C14H22N2O. The van der Waals surface area contributed by atoms with Crippen LogP contribution in [0.2, 0.25) is 0 Å². The molecule has 3 nitrogen and oxygen atoms in total. The molecule has 0 aliphatic rings. The van der Waals surface area contributed by atoms with Crippen molar-refractivity contribution >= 4 is 5.91 Å². The average Bonchev–Trinajstić information content (AvgIpc) is 2.36. The highest BCUT2D eigenvalue weighted by molar-refractivity contribution is 5.94. The van der Waals surface area contributed by atoms with Crippen molar-refractivity contribution in [2.45, 2.75) is 26.2 Å². The van der Waals surface area contributed by atoms with Crippen LogP contribution in [0, 0.1) is 0 Å². The molecule has 1 aromatic rings. The van der Waals surface area contributed by atoms with Crippen molar-refractivity contribution < 1.29 is 4.79 Å². The van der Waals surface area contributed by atoms with E-state index >= 15 is 0 Å². The molecule has 0 saturated carbocycles. The molecule has 0 spiro atoms. The number of carbonyl (C=O) groups is 1. The molecule has 1 aromatic carbocycles. The molecular weight excluding hydrogens is 212 g/mol. The van der Waals surface area contributed by atoms with Gasteiger partial charge in [0.2, 0.25) is 0 Å². The van der Waals surface area contributed by atoms with E-state index in [0.29, 0.717) is 0 Å². The van der Waals surface area contributed by atoms with Crippen molar-refractivity contribution in [1.29, 1.82) is 0 Å². The second-order valence-corrected chi connectivity index (χ2v) is 4.16. The summed E-state index contributed by atoms with van der Waals surface area (Å²) in [6, 6.07) is 7.87. The number of benzene rings is 1. The van der Waals surface area contributed by atoms with Gasteiger partial charge in [-0.05, 0) is 44.1 Å². The Balaban J connectivity index is 2.40. The van der Waals surface area contributed by atoms with E-state index in [1.807, 2.05) is 31.3 Å². The van der Waals surface area contributed by atoms with Gasteiger partial charge in [0.1, 0.15) is 0 Å². The van der Waals surface area contributed by atoms with Gasteiger partial charge in [-0.15, -0.1) is 0 Å². The number of carbonyl (C=O) groups excluding carboxylic acids is 1. The molecule has 1 rings (SSSR count). The first-order valence-corrected chi connectivity index (χ1v) is 6.29. The molecule has 0 aliphatic carbocycles. The van der Waals surface area contributed by atoms with Crippen molar-refractivity contribution in [2.24, 2.45) is 0 Å². The highest BCUT2D eigenvalue weighted by atomic mass is 16.1. The third-order valence-corrected chi connectivity index (χ3v) is 2.64. The maximum atomic E-state index is 11.7. The highest BCUT2D eigenvalue weighted by Gasteiger charge is 2.03. The van der Waals surface area contributed by atoms with Crippen LogP contribution < -0.4 is 10.6 Å². The summed E-state index contributed by atoms with van der Waals surface area (Å²) in [5.41, 5.74) is 2.04. The molecule has 1 amide bonds. The molecule has 17 heavy (non-hydrogen) atoms. The van der Waals surface area contributed by atoms with Crippen molar-refractivity contribution in [1.82, 2.24) is 10.6 Å². The van der Waals surface area contributed by atoms with Crippen LogP contribution in [-0.2, 0) is 6.42 Å². The summed E-state index contributed by atoms with van der Waals surface area (Å²) >= 11 is 0. The lowest BCUT2D eigenvalue weighted by Gasteiger charge is -2.05. The Labute approximate surface area is 104 Å². The van der Waals surface area contributed by atoms with Gasteiger partial charge < -0.3 is 10.6 Å². The zero-order valence-corrected chi connectivity index (χ0v) is 10.8. The second kappa shape index (κ2) is 7.85. The van der Waals surface area contributed by atoms with Crippen molar-refractivity contribution in [3.8, 4) is 0 Å². The first kappa shape index (κ1) is 13.7. The minimum absolute atomic E-state index is 0.0177. The molecule has 94 valence electrons. The first-order valence-electron chi connectivity index (χ1n) is 6.29. The van der Waals surface area contributed by atoms with Gasteiger partial charge in [0, 0.05) is 12.1 Å². The first-order chi connectivity index (χ1) is 8.27. The molecule has 0 unspecified atom stereocenters. The van der Waals surface area contributed by atoms with E-state index in [4.69, 9.17) is 0 Å². The molecule has 0 aliphatic heterocycles. The summed E-state index contributed by atoms with van der Waals surface area (Å²) in [4.78, 5) is 11.7. The smallest absolute Gasteiger partial charge is 0.251 e. The number of rotatable bonds is 7. The standard InChI is InChI=1S/C14H22N2O/c1-3-5-12-6-8-13(9-7-12)14(17)16-11-4-10-15-2/h6-9,15H,3-5,10-11H2,1-2H3,(H,16,17). The van der Waals surface area contributed by atoms with Crippen LogP contribution in [0.25, 0.3) is 0 Å². The zero-order valence-electron chi connectivity index (χ0n) is 10.8. The third-order valence-electron chi connectivity index (χ3n) is 2.64. The molecule has 0 radical (unpaired) electrons. The van der Waals surface area contributed by atoms with Gasteiger partial charge in [-0.25, -0.2) is 0 Å². The molecule has 2 N–H and O–H groups in total. The van der Waals surface area contributed by atoms with Crippen LogP contribution in [0.5, 0.6) is 0 Å². The van der Waals surface area contributed by atoms with Crippen molar-refractivity contribution in [3.05, 3.63) is 35.4 Å². The average molecular weight is 234 g/mol. The summed E-state index contributed by atoms with van der Waals surface area (Å²) in [6.07, 6.45) is 3.16. The number of hydrogen-bond donors (Lipinski definition) is 2. The van der Waals surface area contributed by atoms with E-state index in [-0.39, 0.29) is 5.91 Å². The zero-order chi connectivity index (χ0) is 12.5. The van der Waals surface area contributed by atoms with Gasteiger partial charge in [-0.3, -0.25) is 4.79 Å². The number of hydrogen-bond acceptors (Lipinski definition) is 2. The van der Waals surface area contributed by atoms with E-state index in [2.05, 4.69) is 17.6 Å². The molecule has 0 heterocycles. The predicted octanol–water partition coefficient (Wildman–Crippen LogP) is 1.98. The van der Waals surface area contributed by atoms with Crippen molar-refractivity contribution in [3.63, 3.8) is 0 Å². The predicted molar refractivity (Wildman–Crippen MR) is 71.3 cm³/mol. The minimum atomic E-state index is 0.0177. The third kappa shape index (κ3) is 5.00. The normalized spacial score (nSPS) is 10.2. The van der Waals surface area contributed by atoms with Crippen molar-refractivity contribution in [2.75, 3.05) is 20.1 Å². The van der Waals surface area contributed by atoms with Gasteiger partial charge in [0.05, 0.1) is 0 Å². The quantitative estimate of drug-likeness (QED) is 0.708. The Morgan fingerprint density at radius 3 is 2.47 bits per heavy atom. The molecule has 0 bridgehead atoms. The SMILES string of the molecule is CCCc1ccc(C(=O)NCCCNC)cc1. The van der Waals surface area contributed by atoms with Gasteiger partial charge >= 0.3 is 0 Å². The Kier molecular flexibility index (Phi) is 6.33. The van der Waals surface area contributed by atoms with Crippen LogP contribution in [0.15, 0.2) is 24.3 Å². The van der Waals surface area contributed by atoms with Gasteiger partial charge in [0.25, 0.3) is 5.91 Å². The highest BCUT2D eigenvalue weighted by Crippen LogP contribution is 2.06. The molecule has 0 atom stereocenters. The van der Waals surface area contributed by atoms with Gasteiger partial charge in [-0.2, -0.15) is 0 Å². The molecule has 0 aromatic heterocycles. The van der Waals surface area contributed by atoms with Crippen LogP contribution in [0.1, 0.15) is 35.7 Å². The molecule has 0 saturated heterocycles. The largest absolute Gasteiger partial charge is 0.352 e. The molecule has 0 fully saturated rings. The van der Waals surface area contributed by atoms with E-state index in [9.17, 15) is 4.79 Å². The van der Waals surface area contributed by atoms with E-state index in [0.717, 1.165) is 37.9 Å². The lowest BCUT2D eigenvalue weighted by molar-refractivity contribution is 0.0953. The fourth-order valence-electron chi connectivity index (χ4n) is 1.68. The summed E-state index contributed by atoms with van der Waals surface area (Å²) in [7, 11) is 1.91. The Morgan fingerprint density at radius 2 is 1.88 bits per heavy atom. The summed E-state index contributed by atoms with van der Waals surface area (Å²) in [5, 5.41) is 5.96. The maximum absolute atomic E-state index is 11.7. The van der Waals surface area contributed by atoms with E-state index < -0.39 is 0 Å². The van der Waals surface area contributed by atoms with E-state index in [1.54, 1.807) is 0 Å². The molecule has 3 heteroatoms. The fourth-order valence-corrected chi connectivity index (χ4v) is 1.68. The summed E-state index contributed by atoms with van der Waals surface area (Å²) in [5.74, 6) is 0.0177. The van der Waals surface area contributed by atoms with Crippen LogP contribution in [0.4, 0.5) is 0 Å². The Hall–Kier alpha value is -1.35. The van der Waals surface area contributed by atoms with Crippen LogP contribution in [-0.4, -0.2) is 26.0 Å². The topological polar surface area (TPSA) is 41.1 Å². The number of amides is 1. The number of aryl methyl sites for hydroxylation is 1. The van der Waals surface area contributed by atoms with Gasteiger partial charge in [0.15, 0.2) is 0 Å². The fraction of sp³-hybridized carbons (Fsp3) is 0.500. The second-order valence-electron chi connectivity index (χ2n) is 4.16. The van der Waals surface area contributed by atoms with Gasteiger partial charge in [-0.1, -0.05) is 25.5 Å². The van der Waals surface area contributed by atoms with Crippen LogP contribution in [0.3, 0.4) is 0 Å². The summed E-state index contributed by atoms with van der Waals surface area (Å²) < 4.78 is 0. The van der Waals surface area contributed by atoms with E-state index in [1.165, 1.54) is 5.56 Å². The Morgan fingerprint density at radius 1 is 1.18 bits per heavy atom. The minimum Gasteiger partial charge on any atom is -0.352 e. The number of nitrogens with one attached hydrogen (secondary N) is 2.